The van der Waals surface area contributed by atoms with E-state index in [9.17, 15) is 0 Å². The fraction of sp³-hybridized carbons (Fsp3) is 0.769. The van der Waals surface area contributed by atoms with Crippen LogP contribution in [0.25, 0.3) is 0 Å². The van der Waals surface area contributed by atoms with Crippen LogP contribution in [-0.2, 0) is 18.2 Å². The average molecular weight is 235 g/mol. The summed E-state index contributed by atoms with van der Waals surface area (Å²) in [5.74, 6) is 0. The molecule has 1 saturated heterocycles. The Morgan fingerprint density at radius 2 is 2.18 bits per heavy atom. The maximum atomic E-state index is 5.41. The molecule has 0 saturated carbocycles. The van der Waals surface area contributed by atoms with Crippen molar-refractivity contribution in [1.82, 2.24) is 15.1 Å². The van der Waals surface area contributed by atoms with Gasteiger partial charge in [0.25, 0.3) is 0 Å². The van der Waals surface area contributed by atoms with E-state index in [1.165, 1.54) is 30.5 Å². The minimum atomic E-state index is 0.510. The average Bonchev–Trinajstić information content (AvgIpc) is 2.74. The molecule has 1 atom stereocenters. The molecule has 0 bridgehead atoms. The topological polar surface area (TPSA) is 39.1 Å². The quantitative estimate of drug-likeness (QED) is 0.845. The van der Waals surface area contributed by atoms with E-state index < -0.39 is 0 Å². The summed E-state index contributed by atoms with van der Waals surface area (Å²) in [5, 5.41) is 8.19. The largest absolute Gasteiger partial charge is 0.381 e. The zero-order chi connectivity index (χ0) is 11.7. The smallest absolute Gasteiger partial charge is 0.0540 e. The molecular weight excluding hydrogens is 214 g/mol. The van der Waals surface area contributed by atoms with Crippen LogP contribution >= 0.6 is 0 Å². The van der Waals surface area contributed by atoms with E-state index in [0.717, 1.165) is 26.1 Å². The first-order chi connectivity index (χ1) is 8.34. The van der Waals surface area contributed by atoms with E-state index in [2.05, 4.69) is 17.5 Å². The molecule has 4 nitrogen and oxygen atoms in total. The Bertz CT molecular complexity index is 382. The number of hydrogen-bond donors (Lipinski definition) is 1. The second-order valence-corrected chi connectivity index (χ2v) is 5.17. The summed E-state index contributed by atoms with van der Waals surface area (Å²) in [6, 6.07) is 1.13. The van der Waals surface area contributed by atoms with Crippen molar-refractivity contribution >= 4 is 0 Å². The fourth-order valence-corrected chi connectivity index (χ4v) is 3.03. The number of aryl methyl sites for hydroxylation is 1. The van der Waals surface area contributed by atoms with Crippen LogP contribution in [0.1, 0.15) is 43.0 Å². The van der Waals surface area contributed by atoms with E-state index in [-0.39, 0.29) is 0 Å². The van der Waals surface area contributed by atoms with Gasteiger partial charge in [0.15, 0.2) is 0 Å². The molecule has 0 spiro atoms. The van der Waals surface area contributed by atoms with Gasteiger partial charge in [-0.1, -0.05) is 0 Å². The van der Waals surface area contributed by atoms with Gasteiger partial charge in [0.2, 0.25) is 0 Å². The number of nitrogens with one attached hydrogen (secondary N) is 1. The first kappa shape index (κ1) is 11.2. The van der Waals surface area contributed by atoms with Gasteiger partial charge in [-0.2, -0.15) is 5.10 Å². The molecule has 94 valence electrons. The van der Waals surface area contributed by atoms with Crippen LogP contribution < -0.4 is 5.32 Å². The van der Waals surface area contributed by atoms with Crippen molar-refractivity contribution in [2.75, 3.05) is 13.2 Å². The van der Waals surface area contributed by atoms with E-state index >= 15 is 0 Å². The highest BCUT2D eigenvalue weighted by Crippen LogP contribution is 2.30. The van der Waals surface area contributed by atoms with Crippen molar-refractivity contribution in [3.05, 3.63) is 17.5 Å². The summed E-state index contributed by atoms with van der Waals surface area (Å²) < 4.78 is 7.44. The summed E-state index contributed by atoms with van der Waals surface area (Å²) in [4.78, 5) is 0. The Kier molecular flexibility index (Phi) is 3.16. The van der Waals surface area contributed by atoms with Crippen molar-refractivity contribution in [3.63, 3.8) is 0 Å². The minimum absolute atomic E-state index is 0.510. The van der Waals surface area contributed by atoms with Gasteiger partial charge in [0, 0.05) is 43.6 Å². The first-order valence-electron chi connectivity index (χ1n) is 6.69. The highest BCUT2D eigenvalue weighted by molar-refractivity contribution is 5.24. The van der Waals surface area contributed by atoms with Gasteiger partial charge in [0.05, 0.1) is 6.20 Å². The predicted molar refractivity (Wildman–Crippen MR) is 65.9 cm³/mol. The molecule has 2 heterocycles. The molecule has 1 aliphatic carbocycles. The lowest BCUT2D eigenvalue weighted by Crippen LogP contribution is -2.38. The van der Waals surface area contributed by atoms with Gasteiger partial charge in [-0.15, -0.1) is 0 Å². The van der Waals surface area contributed by atoms with Gasteiger partial charge in [-0.05, 0) is 32.1 Å². The molecule has 0 amide bonds. The minimum Gasteiger partial charge on any atom is -0.381 e. The Labute approximate surface area is 102 Å². The fourth-order valence-electron chi connectivity index (χ4n) is 3.03. The second kappa shape index (κ2) is 4.78. The molecule has 17 heavy (non-hydrogen) atoms. The number of aromatic nitrogens is 2. The van der Waals surface area contributed by atoms with E-state index in [0.29, 0.717) is 12.1 Å². The maximum absolute atomic E-state index is 5.41. The predicted octanol–water partition coefficient (Wildman–Crippen LogP) is 1.57. The zero-order valence-corrected chi connectivity index (χ0v) is 10.5. The van der Waals surface area contributed by atoms with Crippen molar-refractivity contribution in [3.8, 4) is 0 Å². The number of fused-ring (bicyclic) bond motifs is 1. The van der Waals surface area contributed by atoms with Crippen LogP contribution in [-0.4, -0.2) is 29.0 Å². The Hall–Kier alpha value is -0.870. The van der Waals surface area contributed by atoms with Gasteiger partial charge < -0.3 is 10.1 Å². The van der Waals surface area contributed by atoms with Crippen molar-refractivity contribution in [2.45, 2.75) is 44.2 Å². The Morgan fingerprint density at radius 1 is 1.35 bits per heavy atom. The summed E-state index contributed by atoms with van der Waals surface area (Å²) in [7, 11) is 2.05. The van der Waals surface area contributed by atoms with Gasteiger partial charge in [-0.25, -0.2) is 0 Å². The van der Waals surface area contributed by atoms with Crippen molar-refractivity contribution in [1.29, 1.82) is 0 Å². The third-order valence-electron chi connectivity index (χ3n) is 4.03. The summed E-state index contributed by atoms with van der Waals surface area (Å²) in [6.45, 7) is 1.81. The molecule has 4 heteroatoms. The molecule has 0 radical (unpaired) electrons. The van der Waals surface area contributed by atoms with Crippen LogP contribution in [0.3, 0.4) is 0 Å². The molecule has 0 aromatic carbocycles. The third kappa shape index (κ3) is 2.24. The van der Waals surface area contributed by atoms with Crippen LogP contribution in [0.5, 0.6) is 0 Å². The van der Waals surface area contributed by atoms with Crippen molar-refractivity contribution < 1.29 is 4.74 Å². The van der Waals surface area contributed by atoms with Crippen molar-refractivity contribution in [2.24, 2.45) is 7.05 Å². The molecule has 1 aromatic rings. The molecule has 1 aliphatic heterocycles. The SMILES string of the molecule is Cn1ncc2c1CCCC2NC1CCOCC1. The lowest BCUT2D eigenvalue weighted by atomic mass is 9.91. The monoisotopic (exact) mass is 235 g/mol. The highest BCUT2D eigenvalue weighted by atomic mass is 16.5. The number of rotatable bonds is 2. The van der Waals surface area contributed by atoms with Gasteiger partial charge in [-0.3, -0.25) is 4.68 Å². The molecule has 1 N–H and O–H groups in total. The third-order valence-corrected chi connectivity index (χ3v) is 4.03. The molecule has 1 unspecified atom stereocenters. The second-order valence-electron chi connectivity index (χ2n) is 5.17. The molecular formula is C13H21N3O. The van der Waals surface area contributed by atoms with Crippen LogP contribution in [0.4, 0.5) is 0 Å². The van der Waals surface area contributed by atoms with E-state index in [1.54, 1.807) is 0 Å². The molecule has 2 aliphatic rings. The summed E-state index contributed by atoms with van der Waals surface area (Å²) in [6.07, 6.45) is 8.03. The van der Waals surface area contributed by atoms with E-state index in [1.807, 2.05) is 10.9 Å². The van der Waals surface area contributed by atoms with Crippen LogP contribution in [0.15, 0.2) is 6.20 Å². The summed E-state index contributed by atoms with van der Waals surface area (Å²) in [5.41, 5.74) is 2.84. The highest BCUT2D eigenvalue weighted by Gasteiger charge is 2.26. The van der Waals surface area contributed by atoms with Crippen LogP contribution in [0.2, 0.25) is 0 Å². The zero-order valence-electron chi connectivity index (χ0n) is 10.5. The summed E-state index contributed by atoms with van der Waals surface area (Å²) >= 11 is 0. The van der Waals surface area contributed by atoms with E-state index in [4.69, 9.17) is 4.74 Å². The van der Waals surface area contributed by atoms with Gasteiger partial charge in [0.1, 0.15) is 0 Å². The first-order valence-corrected chi connectivity index (χ1v) is 6.69. The maximum Gasteiger partial charge on any atom is 0.0540 e. The standard InChI is InChI=1S/C13H21N3O/c1-16-13-4-2-3-12(11(13)9-14-16)15-10-5-7-17-8-6-10/h9-10,12,15H,2-8H2,1H3. The molecule has 1 aromatic heterocycles. The van der Waals surface area contributed by atoms with Gasteiger partial charge >= 0.3 is 0 Å². The normalized spacial score (nSPS) is 25.8. The number of nitrogens with zero attached hydrogens (tertiary/aromatic N) is 2. The number of ether oxygens (including phenoxy) is 1. The van der Waals surface area contributed by atoms with Crippen LogP contribution in [0, 0.1) is 0 Å². The molecule has 3 rings (SSSR count). The molecule has 1 fully saturated rings. The lowest BCUT2D eigenvalue weighted by molar-refractivity contribution is 0.0741. The lowest BCUT2D eigenvalue weighted by Gasteiger charge is -2.30. The Morgan fingerprint density at radius 3 is 3.00 bits per heavy atom. The number of hydrogen-bond acceptors (Lipinski definition) is 3. The Balaban J connectivity index is 1.71.